The van der Waals surface area contributed by atoms with E-state index in [2.05, 4.69) is 32.8 Å². The SMILES string of the molecule is C=C(C(=O)Nc1ccccc1)c1c[nH]c2cc(Br)ccc12. The third kappa shape index (κ3) is 2.76. The second-order valence-electron chi connectivity index (χ2n) is 4.69. The summed E-state index contributed by atoms with van der Waals surface area (Å²) in [6, 6.07) is 15.2. The number of fused-ring (bicyclic) bond motifs is 1. The quantitative estimate of drug-likeness (QED) is 0.673. The van der Waals surface area contributed by atoms with Crippen LogP contribution in [-0.4, -0.2) is 10.9 Å². The molecule has 0 unspecified atom stereocenters. The molecule has 1 heterocycles. The van der Waals surface area contributed by atoms with E-state index in [9.17, 15) is 4.79 Å². The minimum atomic E-state index is -0.204. The number of rotatable bonds is 3. The summed E-state index contributed by atoms with van der Waals surface area (Å²) in [4.78, 5) is 15.4. The molecule has 0 atom stereocenters. The van der Waals surface area contributed by atoms with Crippen molar-refractivity contribution < 1.29 is 4.79 Å². The summed E-state index contributed by atoms with van der Waals surface area (Å²) in [6.45, 7) is 3.92. The van der Waals surface area contributed by atoms with Crippen molar-refractivity contribution in [1.29, 1.82) is 0 Å². The molecule has 0 aliphatic carbocycles. The van der Waals surface area contributed by atoms with Gasteiger partial charge in [-0.25, -0.2) is 0 Å². The number of hydrogen-bond donors (Lipinski definition) is 2. The molecular weight excluding hydrogens is 328 g/mol. The maximum atomic E-state index is 12.3. The van der Waals surface area contributed by atoms with Gasteiger partial charge in [0.2, 0.25) is 0 Å². The van der Waals surface area contributed by atoms with Crippen molar-refractivity contribution in [3.05, 3.63) is 71.3 Å². The highest BCUT2D eigenvalue weighted by molar-refractivity contribution is 9.10. The Kier molecular flexibility index (Phi) is 3.62. The number of hydrogen-bond acceptors (Lipinski definition) is 1. The predicted octanol–water partition coefficient (Wildman–Crippen LogP) is 4.58. The van der Waals surface area contributed by atoms with E-state index in [1.54, 1.807) is 0 Å². The highest BCUT2D eigenvalue weighted by Crippen LogP contribution is 2.27. The first-order valence-electron chi connectivity index (χ1n) is 6.47. The van der Waals surface area contributed by atoms with E-state index in [-0.39, 0.29) is 5.91 Å². The minimum Gasteiger partial charge on any atom is -0.361 e. The molecule has 4 heteroatoms. The molecule has 0 saturated heterocycles. The normalized spacial score (nSPS) is 10.5. The molecular formula is C17H13BrN2O. The van der Waals surface area contributed by atoms with Crippen molar-refractivity contribution in [1.82, 2.24) is 4.98 Å². The number of para-hydroxylation sites is 1. The molecule has 0 aliphatic heterocycles. The van der Waals surface area contributed by atoms with Crippen LogP contribution in [-0.2, 0) is 4.79 Å². The van der Waals surface area contributed by atoms with Crippen molar-refractivity contribution in [2.24, 2.45) is 0 Å². The fourth-order valence-electron chi connectivity index (χ4n) is 2.20. The van der Waals surface area contributed by atoms with Crippen LogP contribution in [0.2, 0.25) is 0 Å². The van der Waals surface area contributed by atoms with E-state index >= 15 is 0 Å². The summed E-state index contributed by atoms with van der Waals surface area (Å²) in [5.74, 6) is -0.204. The van der Waals surface area contributed by atoms with Crippen LogP contribution in [0.25, 0.3) is 16.5 Å². The molecule has 3 nitrogen and oxygen atoms in total. The van der Waals surface area contributed by atoms with Gasteiger partial charge in [-0.3, -0.25) is 4.79 Å². The number of benzene rings is 2. The van der Waals surface area contributed by atoms with Gasteiger partial charge in [0.25, 0.3) is 5.91 Å². The van der Waals surface area contributed by atoms with Gasteiger partial charge < -0.3 is 10.3 Å². The van der Waals surface area contributed by atoms with Crippen LogP contribution in [0.1, 0.15) is 5.56 Å². The Morgan fingerprint density at radius 3 is 2.67 bits per heavy atom. The molecule has 104 valence electrons. The van der Waals surface area contributed by atoms with Crippen LogP contribution in [0.4, 0.5) is 5.69 Å². The van der Waals surface area contributed by atoms with Crippen molar-refractivity contribution in [3.8, 4) is 0 Å². The number of anilines is 1. The second kappa shape index (κ2) is 5.58. The lowest BCUT2D eigenvalue weighted by atomic mass is 10.1. The van der Waals surface area contributed by atoms with Crippen LogP contribution < -0.4 is 5.32 Å². The van der Waals surface area contributed by atoms with E-state index in [4.69, 9.17) is 0 Å². The van der Waals surface area contributed by atoms with Crippen molar-refractivity contribution >= 4 is 44.0 Å². The van der Waals surface area contributed by atoms with Crippen LogP contribution in [0.5, 0.6) is 0 Å². The third-order valence-corrected chi connectivity index (χ3v) is 3.77. The Morgan fingerprint density at radius 2 is 1.90 bits per heavy atom. The summed E-state index contributed by atoms with van der Waals surface area (Å²) in [5.41, 5.74) is 2.97. The van der Waals surface area contributed by atoms with Gasteiger partial charge in [0.15, 0.2) is 0 Å². The first kappa shape index (κ1) is 13.6. The number of aromatic nitrogens is 1. The molecule has 0 bridgehead atoms. The Balaban J connectivity index is 1.88. The summed E-state index contributed by atoms with van der Waals surface area (Å²) in [6.07, 6.45) is 1.81. The summed E-state index contributed by atoms with van der Waals surface area (Å²) in [7, 11) is 0. The zero-order chi connectivity index (χ0) is 14.8. The maximum absolute atomic E-state index is 12.3. The van der Waals surface area contributed by atoms with Crippen molar-refractivity contribution in [3.63, 3.8) is 0 Å². The Morgan fingerprint density at radius 1 is 1.14 bits per heavy atom. The molecule has 0 aliphatic rings. The third-order valence-electron chi connectivity index (χ3n) is 3.27. The average molecular weight is 341 g/mol. The van der Waals surface area contributed by atoms with Crippen molar-refractivity contribution in [2.75, 3.05) is 5.32 Å². The Bertz CT molecular complexity index is 821. The van der Waals surface area contributed by atoms with Gasteiger partial charge in [-0.15, -0.1) is 0 Å². The smallest absolute Gasteiger partial charge is 0.255 e. The summed E-state index contributed by atoms with van der Waals surface area (Å²) >= 11 is 3.43. The van der Waals surface area contributed by atoms with E-state index < -0.39 is 0 Å². The summed E-state index contributed by atoms with van der Waals surface area (Å²) in [5, 5.41) is 3.82. The highest BCUT2D eigenvalue weighted by atomic mass is 79.9. The van der Waals surface area contributed by atoms with Crippen LogP contribution >= 0.6 is 15.9 Å². The monoisotopic (exact) mass is 340 g/mol. The lowest BCUT2D eigenvalue weighted by Crippen LogP contribution is -2.12. The van der Waals surface area contributed by atoms with Crippen LogP contribution in [0.3, 0.4) is 0 Å². The van der Waals surface area contributed by atoms with Gasteiger partial charge in [0.05, 0.1) is 0 Å². The maximum Gasteiger partial charge on any atom is 0.255 e. The molecule has 1 amide bonds. The zero-order valence-electron chi connectivity index (χ0n) is 11.2. The second-order valence-corrected chi connectivity index (χ2v) is 5.61. The molecule has 0 spiro atoms. The van der Waals surface area contributed by atoms with E-state index in [1.807, 2.05) is 54.7 Å². The molecule has 0 fully saturated rings. The number of carbonyl (C=O) groups is 1. The Hall–Kier alpha value is -2.33. The van der Waals surface area contributed by atoms with Gasteiger partial charge >= 0.3 is 0 Å². The molecule has 2 N–H and O–H groups in total. The van der Waals surface area contributed by atoms with Gasteiger partial charge in [0.1, 0.15) is 0 Å². The molecule has 3 rings (SSSR count). The molecule has 1 aromatic heterocycles. The first-order valence-corrected chi connectivity index (χ1v) is 7.27. The minimum absolute atomic E-state index is 0.204. The molecule has 0 saturated carbocycles. The number of carbonyl (C=O) groups excluding carboxylic acids is 1. The zero-order valence-corrected chi connectivity index (χ0v) is 12.8. The van der Waals surface area contributed by atoms with E-state index in [1.165, 1.54) is 0 Å². The van der Waals surface area contributed by atoms with E-state index in [0.29, 0.717) is 5.57 Å². The van der Waals surface area contributed by atoms with E-state index in [0.717, 1.165) is 26.6 Å². The number of amides is 1. The molecule has 21 heavy (non-hydrogen) atoms. The van der Waals surface area contributed by atoms with Gasteiger partial charge in [-0.05, 0) is 24.3 Å². The number of H-pyrrole nitrogens is 1. The predicted molar refractivity (Wildman–Crippen MR) is 90.1 cm³/mol. The van der Waals surface area contributed by atoms with Crippen LogP contribution in [0.15, 0.2) is 65.8 Å². The fraction of sp³-hybridized carbons (Fsp3) is 0. The fourth-order valence-corrected chi connectivity index (χ4v) is 2.56. The van der Waals surface area contributed by atoms with Crippen LogP contribution in [0, 0.1) is 0 Å². The number of nitrogens with one attached hydrogen (secondary N) is 2. The van der Waals surface area contributed by atoms with Gasteiger partial charge in [-0.1, -0.05) is 46.8 Å². The molecule has 2 aromatic carbocycles. The lowest BCUT2D eigenvalue weighted by molar-refractivity contribution is -0.111. The number of halogens is 1. The lowest BCUT2D eigenvalue weighted by Gasteiger charge is -2.07. The standard InChI is InChI=1S/C17H13BrN2O/c1-11(17(21)20-13-5-3-2-4-6-13)15-10-19-16-9-12(18)7-8-14(15)16/h2-10,19H,1H2,(H,20,21). The first-order chi connectivity index (χ1) is 10.1. The average Bonchev–Trinajstić information content (AvgIpc) is 2.90. The highest BCUT2D eigenvalue weighted by Gasteiger charge is 2.14. The molecule has 3 aromatic rings. The van der Waals surface area contributed by atoms with Crippen molar-refractivity contribution in [2.45, 2.75) is 0 Å². The molecule has 0 radical (unpaired) electrons. The topological polar surface area (TPSA) is 44.9 Å². The Labute approximate surface area is 130 Å². The van der Waals surface area contributed by atoms with Gasteiger partial charge in [0, 0.05) is 38.4 Å². The summed E-state index contributed by atoms with van der Waals surface area (Å²) < 4.78 is 0.989. The van der Waals surface area contributed by atoms with Gasteiger partial charge in [-0.2, -0.15) is 0 Å². The number of aromatic amines is 1. The largest absolute Gasteiger partial charge is 0.361 e.